The van der Waals surface area contributed by atoms with E-state index in [4.69, 9.17) is 10.5 Å². The highest BCUT2D eigenvalue weighted by atomic mass is 19.1. The maximum absolute atomic E-state index is 13.2. The number of ketones is 1. The van der Waals surface area contributed by atoms with Crippen molar-refractivity contribution in [3.8, 4) is 0 Å². The van der Waals surface area contributed by atoms with Crippen LogP contribution in [0.2, 0.25) is 0 Å². The molecule has 0 fully saturated rings. The lowest BCUT2D eigenvalue weighted by atomic mass is 10.0. The van der Waals surface area contributed by atoms with Gasteiger partial charge in [0.25, 0.3) is 0 Å². The average molecular weight is 211 g/mol. The molecule has 0 radical (unpaired) electrons. The first-order valence-electron chi connectivity index (χ1n) is 4.61. The largest absolute Gasteiger partial charge is 0.383 e. The number of aryl methyl sites for hydroxylation is 1. The number of halogens is 1. The van der Waals surface area contributed by atoms with Gasteiger partial charge >= 0.3 is 0 Å². The molecule has 0 aliphatic heterocycles. The highest BCUT2D eigenvalue weighted by Gasteiger charge is 2.16. The van der Waals surface area contributed by atoms with E-state index in [1.165, 1.54) is 13.2 Å². The number of ether oxygens (including phenoxy) is 1. The molecule has 3 nitrogen and oxygen atoms in total. The summed E-state index contributed by atoms with van der Waals surface area (Å²) in [6.07, 6.45) is 0. The molecule has 0 aliphatic carbocycles. The molecular formula is C11H14FNO2. The quantitative estimate of drug-likeness (QED) is 0.763. The minimum atomic E-state index is -0.739. The fourth-order valence-corrected chi connectivity index (χ4v) is 1.22. The number of Topliss-reactive ketones (excluding diaryl/α,β-unsaturated/α-hetero) is 1. The zero-order chi connectivity index (χ0) is 11.4. The Balaban J connectivity index is 2.87. The van der Waals surface area contributed by atoms with Crippen LogP contribution in [-0.4, -0.2) is 25.5 Å². The highest BCUT2D eigenvalue weighted by molar-refractivity contribution is 6.00. The molecule has 0 aromatic heterocycles. The number of benzene rings is 1. The fourth-order valence-electron chi connectivity index (χ4n) is 1.22. The van der Waals surface area contributed by atoms with Gasteiger partial charge in [-0.15, -0.1) is 0 Å². The van der Waals surface area contributed by atoms with E-state index in [2.05, 4.69) is 0 Å². The number of nitrogens with two attached hydrogens (primary N) is 1. The van der Waals surface area contributed by atoms with Gasteiger partial charge in [0.2, 0.25) is 0 Å². The molecule has 0 bridgehead atoms. The number of carbonyl (C=O) groups is 1. The third kappa shape index (κ3) is 2.84. The lowest BCUT2D eigenvalue weighted by Crippen LogP contribution is -2.34. The van der Waals surface area contributed by atoms with Gasteiger partial charge in [-0.3, -0.25) is 4.79 Å². The second kappa shape index (κ2) is 5.00. The average Bonchev–Trinajstić information content (AvgIpc) is 2.21. The van der Waals surface area contributed by atoms with Gasteiger partial charge in [-0.05, 0) is 18.6 Å². The Kier molecular flexibility index (Phi) is 3.94. The van der Waals surface area contributed by atoms with Crippen LogP contribution < -0.4 is 5.73 Å². The summed E-state index contributed by atoms with van der Waals surface area (Å²) in [5.74, 6) is -0.707. The van der Waals surface area contributed by atoms with Crippen molar-refractivity contribution in [1.29, 1.82) is 0 Å². The van der Waals surface area contributed by atoms with Crippen molar-refractivity contribution in [2.24, 2.45) is 5.73 Å². The number of rotatable bonds is 4. The van der Waals surface area contributed by atoms with Gasteiger partial charge in [-0.25, -0.2) is 4.39 Å². The van der Waals surface area contributed by atoms with Crippen LogP contribution in [0.5, 0.6) is 0 Å². The Morgan fingerprint density at radius 2 is 2.27 bits per heavy atom. The van der Waals surface area contributed by atoms with Crippen LogP contribution in [0, 0.1) is 12.7 Å². The minimum Gasteiger partial charge on any atom is -0.383 e. The molecule has 0 amide bonds. The Bertz CT molecular complexity index is 366. The van der Waals surface area contributed by atoms with Crippen LogP contribution in [-0.2, 0) is 4.74 Å². The number of hydrogen-bond acceptors (Lipinski definition) is 3. The summed E-state index contributed by atoms with van der Waals surface area (Å²) in [6.45, 7) is 1.77. The van der Waals surface area contributed by atoms with Crippen molar-refractivity contribution in [1.82, 2.24) is 0 Å². The maximum Gasteiger partial charge on any atom is 0.181 e. The Labute approximate surface area is 88.0 Å². The number of methoxy groups -OCH3 is 1. The second-order valence-electron chi connectivity index (χ2n) is 3.39. The van der Waals surface area contributed by atoms with Crippen molar-refractivity contribution in [2.75, 3.05) is 13.7 Å². The molecule has 2 N–H and O–H groups in total. The Morgan fingerprint density at radius 3 is 2.80 bits per heavy atom. The summed E-state index contributed by atoms with van der Waals surface area (Å²) in [4.78, 5) is 11.6. The van der Waals surface area contributed by atoms with Crippen LogP contribution in [0.4, 0.5) is 4.39 Å². The molecule has 1 aromatic rings. The zero-order valence-corrected chi connectivity index (χ0v) is 8.79. The molecule has 1 rings (SSSR count). The van der Waals surface area contributed by atoms with Crippen LogP contribution in [0.1, 0.15) is 15.9 Å². The summed E-state index contributed by atoms with van der Waals surface area (Å²) in [5, 5.41) is 0. The molecule has 1 aromatic carbocycles. The van der Waals surface area contributed by atoms with E-state index in [0.29, 0.717) is 5.56 Å². The van der Waals surface area contributed by atoms with Crippen LogP contribution in [0.15, 0.2) is 18.2 Å². The van der Waals surface area contributed by atoms with Crippen molar-refractivity contribution in [2.45, 2.75) is 13.0 Å². The number of carbonyl (C=O) groups excluding carboxylic acids is 1. The zero-order valence-electron chi connectivity index (χ0n) is 8.79. The Hall–Kier alpha value is -1.26. The van der Waals surface area contributed by atoms with E-state index in [1.54, 1.807) is 19.1 Å². The van der Waals surface area contributed by atoms with Crippen molar-refractivity contribution >= 4 is 5.78 Å². The molecule has 0 saturated heterocycles. The van der Waals surface area contributed by atoms with Gasteiger partial charge < -0.3 is 10.5 Å². The normalized spacial score (nSPS) is 12.5. The summed E-state index contributed by atoms with van der Waals surface area (Å²) >= 11 is 0. The van der Waals surface area contributed by atoms with E-state index in [0.717, 1.165) is 0 Å². The molecule has 82 valence electrons. The summed E-state index contributed by atoms with van der Waals surface area (Å²) in [7, 11) is 1.46. The van der Waals surface area contributed by atoms with Crippen molar-refractivity contribution < 1.29 is 13.9 Å². The summed E-state index contributed by atoms with van der Waals surface area (Å²) in [6, 6.07) is 3.59. The van der Waals surface area contributed by atoms with Crippen LogP contribution >= 0.6 is 0 Å². The maximum atomic E-state index is 13.2. The standard InChI is InChI=1S/C11H14FNO2/c1-7-3-4-8(5-9(7)12)11(14)10(13)6-15-2/h3-5,10H,6,13H2,1-2H3. The lowest BCUT2D eigenvalue weighted by molar-refractivity contribution is 0.0892. The van der Waals surface area contributed by atoms with Gasteiger partial charge in [-0.1, -0.05) is 12.1 Å². The lowest BCUT2D eigenvalue weighted by Gasteiger charge is -2.09. The molecule has 0 heterocycles. The van der Waals surface area contributed by atoms with Gasteiger partial charge in [-0.2, -0.15) is 0 Å². The molecule has 0 aliphatic rings. The van der Waals surface area contributed by atoms with E-state index in [1.807, 2.05) is 0 Å². The SMILES string of the molecule is COCC(N)C(=O)c1ccc(C)c(F)c1. The number of hydrogen-bond donors (Lipinski definition) is 1. The first kappa shape index (κ1) is 11.8. The molecule has 15 heavy (non-hydrogen) atoms. The van der Waals surface area contributed by atoms with Crippen LogP contribution in [0.25, 0.3) is 0 Å². The molecule has 0 spiro atoms. The first-order valence-corrected chi connectivity index (χ1v) is 4.61. The second-order valence-corrected chi connectivity index (χ2v) is 3.39. The smallest absolute Gasteiger partial charge is 0.181 e. The summed E-state index contributed by atoms with van der Waals surface area (Å²) in [5.41, 5.74) is 6.34. The van der Waals surface area contributed by atoms with Crippen LogP contribution in [0.3, 0.4) is 0 Å². The summed E-state index contributed by atoms with van der Waals surface area (Å²) < 4.78 is 17.9. The first-order chi connectivity index (χ1) is 7.06. The van der Waals surface area contributed by atoms with Gasteiger partial charge in [0.1, 0.15) is 5.82 Å². The van der Waals surface area contributed by atoms with E-state index >= 15 is 0 Å². The van der Waals surface area contributed by atoms with Gasteiger partial charge in [0, 0.05) is 12.7 Å². The molecule has 4 heteroatoms. The fraction of sp³-hybridized carbons (Fsp3) is 0.364. The van der Waals surface area contributed by atoms with E-state index in [9.17, 15) is 9.18 Å². The van der Waals surface area contributed by atoms with Gasteiger partial charge in [0.15, 0.2) is 5.78 Å². The third-order valence-corrected chi connectivity index (χ3v) is 2.14. The third-order valence-electron chi connectivity index (χ3n) is 2.14. The van der Waals surface area contributed by atoms with E-state index in [-0.39, 0.29) is 18.0 Å². The predicted molar refractivity (Wildman–Crippen MR) is 55.3 cm³/mol. The van der Waals surface area contributed by atoms with Crippen molar-refractivity contribution in [3.63, 3.8) is 0 Å². The molecular weight excluding hydrogens is 197 g/mol. The Morgan fingerprint density at radius 1 is 1.60 bits per heavy atom. The van der Waals surface area contributed by atoms with Gasteiger partial charge in [0.05, 0.1) is 12.6 Å². The highest BCUT2D eigenvalue weighted by Crippen LogP contribution is 2.10. The minimum absolute atomic E-state index is 0.133. The molecule has 1 unspecified atom stereocenters. The molecule has 0 saturated carbocycles. The molecule has 1 atom stereocenters. The predicted octanol–water partition coefficient (Wildman–Crippen LogP) is 1.29. The van der Waals surface area contributed by atoms with E-state index < -0.39 is 11.9 Å². The van der Waals surface area contributed by atoms with Crippen molar-refractivity contribution in [3.05, 3.63) is 35.1 Å². The monoisotopic (exact) mass is 211 g/mol. The topological polar surface area (TPSA) is 52.3 Å².